The Hall–Kier alpha value is -4.30. The number of carbonyl (C=O) groups excluding carboxylic acids is 1. The van der Waals surface area contributed by atoms with Crippen molar-refractivity contribution in [1.29, 1.82) is 0 Å². The minimum atomic E-state index is -4.39. The highest BCUT2D eigenvalue weighted by molar-refractivity contribution is 7.86. The number of ether oxygens (including phenoxy) is 1. The zero-order valence-corrected chi connectivity index (χ0v) is 31.0. The zero-order valence-electron chi connectivity index (χ0n) is 29.4. The Morgan fingerprint density at radius 1 is 0.900 bits per heavy atom. The smallest absolute Gasteiger partial charge is 0.269 e. The summed E-state index contributed by atoms with van der Waals surface area (Å²) in [4.78, 5) is 17.4. The molecular weight excluding hydrogens is 679 g/mol. The highest BCUT2D eigenvalue weighted by Crippen LogP contribution is 2.46. The van der Waals surface area contributed by atoms with Crippen molar-refractivity contribution in [3.63, 3.8) is 0 Å². The first-order chi connectivity index (χ1) is 23.1. The molecule has 3 aromatic rings. The van der Waals surface area contributed by atoms with Crippen molar-refractivity contribution < 1.29 is 35.5 Å². The first kappa shape index (κ1) is 35.5. The number of carbonyl (C=O) groups is 1. The minimum absolute atomic E-state index is 0.226. The van der Waals surface area contributed by atoms with E-state index in [1.165, 1.54) is 11.9 Å². The van der Waals surface area contributed by atoms with E-state index < -0.39 is 43.2 Å². The van der Waals surface area contributed by atoms with Crippen LogP contribution in [0.4, 0.5) is 5.69 Å². The van der Waals surface area contributed by atoms with Crippen LogP contribution in [0.25, 0.3) is 16.7 Å². The van der Waals surface area contributed by atoms with E-state index in [1.54, 1.807) is 12.1 Å². The van der Waals surface area contributed by atoms with Gasteiger partial charge < -0.3 is 14.5 Å². The second-order valence-electron chi connectivity index (χ2n) is 14.4. The molecule has 0 saturated heterocycles. The van der Waals surface area contributed by atoms with Crippen molar-refractivity contribution in [2.75, 3.05) is 44.1 Å². The number of rotatable bonds is 7. The van der Waals surface area contributed by atoms with Crippen molar-refractivity contribution in [3.8, 4) is 11.5 Å². The number of nitrogens with zero attached hydrogens (tertiary/aromatic N) is 3. The number of fused-ring (bicyclic) bond motifs is 4. The lowest BCUT2D eigenvalue weighted by molar-refractivity contribution is 0.0802. The molecule has 3 aromatic carbocycles. The van der Waals surface area contributed by atoms with Crippen molar-refractivity contribution in [3.05, 3.63) is 99.1 Å². The number of hydrogen-bond acceptors (Lipinski definition) is 7. The summed E-state index contributed by atoms with van der Waals surface area (Å²) >= 11 is 0. The second kappa shape index (κ2) is 11.9. The predicted molar refractivity (Wildman–Crippen MR) is 195 cm³/mol. The lowest BCUT2D eigenvalue weighted by Gasteiger charge is -2.41. The standard InChI is InChI=1S/C37H41N3O8S2/c1-22-19-36(2,3)39(7)30-17-32-28(15-26(22)30)34(24-11-9-10-12-25(24)35(41)38(6)13-14-49(42,43)44)29-16-27-23(21-50(45,46)47)20-37(4,5)40(8)31(27)18-33(29)48-32/h9-12,15-20H,13-14,21H2,1-8H3,(H-,42,43,44,45,46,47)/p+1. The van der Waals surface area contributed by atoms with Gasteiger partial charge in [-0.25, -0.2) is 4.58 Å². The molecule has 11 nitrogen and oxygen atoms in total. The Morgan fingerprint density at radius 2 is 1.58 bits per heavy atom. The first-order valence-electron chi connectivity index (χ1n) is 16.1. The van der Waals surface area contributed by atoms with Crippen LogP contribution >= 0.6 is 0 Å². The molecule has 6 rings (SSSR count). The Kier molecular flexibility index (Phi) is 8.45. The number of benzene rings is 3. The van der Waals surface area contributed by atoms with E-state index in [0.717, 1.165) is 16.8 Å². The van der Waals surface area contributed by atoms with Crippen LogP contribution in [0.1, 0.15) is 67.2 Å². The van der Waals surface area contributed by atoms with Crippen molar-refractivity contribution in [1.82, 2.24) is 9.48 Å². The van der Waals surface area contributed by atoms with E-state index in [0.29, 0.717) is 55.5 Å². The highest BCUT2D eigenvalue weighted by Gasteiger charge is 2.36. The van der Waals surface area contributed by atoms with Crippen LogP contribution in [0, 0.1) is 0 Å². The average Bonchev–Trinajstić information content (AvgIpc) is 3.01. The highest BCUT2D eigenvalue weighted by atomic mass is 32.2. The molecule has 3 heterocycles. The molecule has 0 bridgehead atoms. The molecule has 0 spiro atoms. The number of hydrogen-bond donors (Lipinski definition) is 2. The summed E-state index contributed by atoms with van der Waals surface area (Å²) in [6.07, 6.45) is 4.03. The van der Waals surface area contributed by atoms with E-state index in [2.05, 4.69) is 31.7 Å². The largest absolute Gasteiger partial charge is 0.456 e. The van der Waals surface area contributed by atoms with Gasteiger partial charge in [-0.3, -0.25) is 13.9 Å². The Balaban J connectivity index is 1.70. The van der Waals surface area contributed by atoms with Crippen LogP contribution in [0.3, 0.4) is 0 Å². The molecule has 0 saturated carbocycles. The lowest BCUT2D eigenvalue weighted by atomic mass is 9.83. The number of amides is 1. The molecular formula is C37H42N3O8S2+. The fraction of sp³-hybridized carbons (Fsp3) is 0.351. The van der Waals surface area contributed by atoms with Crippen LogP contribution in [-0.4, -0.2) is 87.0 Å². The van der Waals surface area contributed by atoms with Gasteiger partial charge in [-0.15, -0.1) is 0 Å². The zero-order chi connectivity index (χ0) is 36.7. The molecule has 1 amide bonds. The SMILES string of the molecule is CC1=CC(C)(C)N(C)c2cc3c(cc21)C(c1ccccc1C(=O)N(C)CCS(=O)(=O)O)=c1cc2c(cc1O3)=[N+](C)C(C)(C)C=C2CS(=O)(=O)O. The van der Waals surface area contributed by atoms with E-state index >= 15 is 0 Å². The Bertz CT molecular complexity index is 2410. The van der Waals surface area contributed by atoms with Crippen LogP contribution < -0.4 is 24.8 Å². The molecule has 0 fully saturated rings. The summed E-state index contributed by atoms with van der Waals surface area (Å²) in [5.41, 5.74) is 5.42. The fourth-order valence-corrected chi connectivity index (χ4v) is 8.21. The first-order valence-corrected chi connectivity index (χ1v) is 19.4. The number of anilines is 1. The minimum Gasteiger partial charge on any atom is -0.456 e. The van der Waals surface area contributed by atoms with Crippen molar-refractivity contribution in [2.45, 2.75) is 45.7 Å². The van der Waals surface area contributed by atoms with E-state index in [9.17, 15) is 30.7 Å². The topological polar surface area (TPSA) is 145 Å². The van der Waals surface area contributed by atoms with Gasteiger partial charge >= 0.3 is 0 Å². The Labute approximate surface area is 293 Å². The van der Waals surface area contributed by atoms with Gasteiger partial charge in [0, 0.05) is 73.7 Å². The summed E-state index contributed by atoms with van der Waals surface area (Å²) in [5, 5.41) is 1.32. The van der Waals surface area contributed by atoms with Gasteiger partial charge in [-0.2, -0.15) is 16.8 Å². The summed E-state index contributed by atoms with van der Waals surface area (Å²) in [7, 11) is -3.28. The number of likely N-dealkylation sites (N-methyl/N-ethyl adjacent to an activating group) is 2. The third-order valence-electron chi connectivity index (χ3n) is 10.1. The van der Waals surface area contributed by atoms with Gasteiger partial charge in [-0.1, -0.05) is 24.3 Å². The van der Waals surface area contributed by atoms with Gasteiger partial charge in [0.05, 0.1) is 22.9 Å². The van der Waals surface area contributed by atoms with Crippen LogP contribution in [-0.2, 0) is 20.2 Å². The van der Waals surface area contributed by atoms with Gasteiger partial charge in [0.1, 0.15) is 24.3 Å². The molecule has 0 atom stereocenters. The van der Waals surface area contributed by atoms with Crippen molar-refractivity contribution >= 4 is 48.6 Å². The second-order valence-corrected chi connectivity index (χ2v) is 17.4. The van der Waals surface area contributed by atoms with Crippen molar-refractivity contribution in [2.24, 2.45) is 0 Å². The maximum Gasteiger partial charge on any atom is 0.269 e. The summed E-state index contributed by atoms with van der Waals surface area (Å²) < 4.78 is 75.6. The third-order valence-corrected chi connectivity index (χ3v) is 11.4. The predicted octanol–water partition coefficient (Wildman–Crippen LogP) is 3.82. The molecule has 0 unspecified atom stereocenters. The van der Waals surface area contributed by atoms with Gasteiger partial charge in [0.25, 0.3) is 26.1 Å². The van der Waals surface area contributed by atoms with Crippen LogP contribution in [0.2, 0.25) is 0 Å². The van der Waals surface area contributed by atoms with Crippen LogP contribution in [0.5, 0.6) is 11.5 Å². The third kappa shape index (κ3) is 6.39. The number of allylic oxidation sites excluding steroid dienone is 1. The molecule has 13 heteroatoms. The molecule has 2 N–H and O–H groups in total. The van der Waals surface area contributed by atoms with Crippen LogP contribution in [0.15, 0.2) is 60.7 Å². The maximum atomic E-state index is 14.0. The maximum absolute atomic E-state index is 14.0. The van der Waals surface area contributed by atoms with Gasteiger partial charge in [0.2, 0.25) is 5.36 Å². The fourth-order valence-electron chi connectivity index (χ4n) is 7.07. The molecule has 3 aliphatic heterocycles. The summed E-state index contributed by atoms with van der Waals surface area (Å²) in [5.74, 6) is -0.594. The summed E-state index contributed by atoms with van der Waals surface area (Å²) in [6.45, 7) is 10.00. The average molecular weight is 721 g/mol. The monoisotopic (exact) mass is 720 g/mol. The lowest BCUT2D eigenvalue weighted by Crippen LogP contribution is -2.47. The van der Waals surface area contributed by atoms with Gasteiger partial charge in [-0.05, 0) is 61.8 Å². The quantitative estimate of drug-likeness (QED) is 0.215. The molecule has 0 aliphatic carbocycles. The molecule has 0 radical (unpaired) electrons. The molecule has 50 heavy (non-hydrogen) atoms. The molecule has 3 aliphatic rings. The Morgan fingerprint density at radius 3 is 2.24 bits per heavy atom. The van der Waals surface area contributed by atoms with E-state index in [4.69, 9.17) is 4.74 Å². The normalized spacial score (nSPS) is 17.4. The summed E-state index contributed by atoms with van der Waals surface area (Å²) in [6, 6.07) is 14.8. The van der Waals surface area contributed by atoms with Gasteiger partial charge in [0.15, 0.2) is 5.54 Å². The van der Waals surface area contributed by atoms with E-state index in [1.807, 2.05) is 75.0 Å². The molecule has 0 aromatic heterocycles. The van der Waals surface area contributed by atoms with E-state index in [-0.39, 0.29) is 12.1 Å². The molecule has 264 valence electrons.